The molecule has 4 nitrogen and oxygen atoms in total. The summed E-state index contributed by atoms with van der Waals surface area (Å²) in [6.45, 7) is 6.64. The van der Waals surface area contributed by atoms with Crippen molar-refractivity contribution >= 4 is 11.4 Å². The number of hydrogen-bond acceptors (Lipinski definition) is 4. The average molecular weight is 314 g/mol. The smallest absolute Gasteiger partial charge is 0.141 e. The molecular weight excluding hydrogens is 288 g/mol. The van der Waals surface area contributed by atoms with Crippen LogP contribution in [0.2, 0.25) is 0 Å². The van der Waals surface area contributed by atoms with Crippen LogP contribution in [-0.4, -0.2) is 26.8 Å². The van der Waals surface area contributed by atoms with E-state index in [2.05, 4.69) is 24.5 Å². The van der Waals surface area contributed by atoms with E-state index in [1.807, 2.05) is 48.5 Å². The Bertz CT molecular complexity index is 599. The molecule has 2 aromatic carbocycles. The fourth-order valence-corrected chi connectivity index (χ4v) is 2.15. The Labute approximate surface area is 138 Å². The molecule has 0 heterocycles. The molecule has 2 rings (SSSR count). The van der Waals surface area contributed by atoms with Gasteiger partial charge in [-0.25, -0.2) is 0 Å². The van der Waals surface area contributed by atoms with Crippen molar-refractivity contribution in [2.45, 2.75) is 13.8 Å². The molecule has 0 aliphatic heterocycles. The van der Waals surface area contributed by atoms with Gasteiger partial charge in [-0.3, -0.25) is 0 Å². The maximum Gasteiger partial charge on any atom is 0.141 e. The molecule has 0 saturated heterocycles. The molecule has 2 aromatic rings. The van der Waals surface area contributed by atoms with Gasteiger partial charge in [-0.2, -0.15) is 0 Å². The molecule has 0 radical (unpaired) electrons. The Kier molecular flexibility index (Phi) is 6.60. The molecule has 0 atom stereocenters. The van der Waals surface area contributed by atoms with Crippen molar-refractivity contribution in [3.63, 3.8) is 0 Å². The van der Waals surface area contributed by atoms with Crippen molar-refractivity contribution in [1.82, 2.24) is 0 Å². The highest BCUT2D eigenvalue weighted by atomic mass is 16.5. The van der Waals surface area contributed by atoms with Gasteiger partial charge in [-0.15, -0.1) is 0 Å². The number of anilines is 2. The number of hydrogen-bond donors (Lipinski definition) is 2. The van der Waals surface area contributed by atoms with Crippen LogP contribution in [0.25, 0.3) is 0 Å². The van der Waals surface area contributed by atoms with E-state index >= 15 is 0 Å². The molecule has 0 bridgehead atoms. The molecule has 0 fully saturated rings. The second-order valence-corrected chi connectivity index (χ2v) is 5.79. The number of para-hydroxylation sites is 2. The zero-order chi connectivity index (χ0) is 16.5. The molecule has 0 amide bonds. The van der Waals surface area contributed by atoms with Gasteiger partial charge in [0.05, 0.1) is 19.4 Å². The molecule has 0 aliphatic rings. The third-order valence-electron chi connectivity index (χ3n) is 3.29. The number of ether oxygens (including phenoxy) is 2. The van der Waals surface area contributed by atoms with Crippen molar-refractivity contribution < 1.29 is 9.47 Å². The predicted molar refractivity (Wildman–Crippen MR) is 96.7 cm³/mol. The van der Waals surface area contributed by atoms with Gasteiger partial charge < -0.3 is 20.1 Å². The fourth-order valence-electron chi connectivity index (χ4n) is 2.15. The Hall–Kier alpha value is -2.36. The van der Waals surface area contributed by atoms with Crippen LogP contribution in [0.4, 0.5) is 11.4 Å². The summed E-state index contributed by atoms with van der Waals surface area (Å²) in [5.41, 5.74) is 2.07. The molecule has 2 N–H and O–H groups in total. The minimum atomic E-state index is 0.525. The van der Waals surface area contributed by atoms with Gasteiger partial charge >= 0.3 is 0 Å². The SMILES string of the molecule is COc1ccccc1NCCNc1cccc(OCC(C)C)c1. The van der Waals surface area contributed by atoms with Gasteiger partial charge in [-0.1, -0.05) is 32.0 Å². The second kappa shape index (κ2) is 8.93. The zero-order valence-corrected chi connectivity index (χ0v) is 14.1. The summed E-state index contributed by atoms with van der Waals surface area (Å²) >= 11 is 0. The lowest BCUT2D eigenvalue weighted by Gasteiger charge is -2.13. The summed E-state index contributed by atoms with van der Waals surface area (Å²) in [6.07, 6.45) is 0. The van der Waals surface area contributed by atoms with Crippen molar-refractivity contribution in [3.05, 3.63) is 48.5 Å². The molecule has 124 valence electrons. The van der Waals surface area contributed by atoms with Crippen molar-refractivity contribution in [2.75, 3.05) is 37.4 Å². The Morgan fingerprint density at radius 1 is 0.957 bits per heavy atom. The first-order valence-electron chi connectivity index (χ1n) is 8.02. The van der Waals surface area contributed by atoms with E-state index in [0.717, 1.165) is 42.6 Å². The van der Waals surface area contributed by atoms with Crippen LogP contribution in [0.1, 0.15) is 13.8 Å². The lowest BCUT2D eigenvalue weighted by Crippen LogP contribution is -2.14. The highest BCUT2D eigenvalue weighted by Crippen LogP contribution is 2.22. The highest BCUT2D eigenvalue weighted by Gasteiger charge is 2.01. The molecular formula is C19H26N2O2. The maximum atomic E-state index is 5.74. The van der Waals surface area contributed by atoms with Crippen LogP contribution in [0.15, 0.2) is 48.5 Å². The van der Waals surface area contributed by atoms with Gasteiger partial charge in [0.2, 0.25) is 0 Å². The topological polar surface area (TPSA) is 42.5 Å². The van der Waals surface area contributed by atoms with Gasteiger partial charge in [0.15, 0.2) is 0 Å². The van der Waals surface area contributed by atoms with E-state index in [1.54, 1.807) is 7.11 Å². The Morgan fingerprint density at radius 2 is 1.74 bits per heavy atom. The monoisotopic (exact) mass is 314 g/mol. The van der Waals surface area contributed by atoms with Crippen LogP contribution in [-0.2, 0) is 0 Å². The minimum absolute atomic E-state index is 0.525. The first-order chi connectivity index (χ1) is 11.2. The van der Waals surface area contributed by atoms with Crippen LogP contribution >= 0.6 is 0 Å². The van der Waals surface area contributed by atoms with Crippen LogP contribution in [0.3, 0.4) is 0 Å². The zero-order valence-electron chi connectivity index (χ0n) is 14.1. The summed E-state index contributed by atoms with van der Waals surface area (Å²) in [4.78, 5) is 0. The second-order valence-electron chi connectivity index (χ2n) is 5.79. The molecule has 4 heteroatoms. The first kappa shape index (κ1) is 17.0. The van der Waals surface area contributed by atoms with E-state index < -0.39 is 0 Å². The van der Waals surface area contributed by atoms with Crippen LogP contribution < -0.4 is 20.1 Å². The van der Waals surface area contributed by atoms with Gasteiger partial charge in [0, 0.05) is 24.8 Å². The van der Waals surface area contributed by atoms with E-state index in [4.69, 9.17) is 9.47 Å². The largest absolute Gasteiger partial charge is 0.495 e. The molecule has 0 spiro atoms. The fraction of sp³-hybridized carbons (Fsp3) is 0.368. The van der Waals surface area contributed by atoms with E-state index in [1.165, 1.54) is 0 Å². The molecule has 0 aliphatic carbocycles. The third-order valence-corrected chi connectivity index (χ3v) is 3.29. The minimum Gasteiger partial charge on any atom is -0.495 e. The molecule has 23 heavy (non-hydrogen) atoms. The summed E-state index contributed by atoms with van der Waals surface area (Å²) in [7, 11) is 1.68. The number of benzene rings is 2. The average Bonchev–Trinajstić information content (AvgIpc) is 2.57. The van der Waals surface area contributed by atoms with Gasteiger partial charge in [-0.05, 0) is 30.2 Å². The quantitative estimate of drug-likeness (QED) is 0.679. The molecule has 0 unspecified atom stereocenters. The van der Waals surface area contributed by atoms with E-state index in [9.17, 15) is 0 Å². The third kappa shape index (κ3) is 5.74. The van der Waals surface area contributed by atoms with Crippen LogP contribution in [0.5, 0.6) is 11.5 Å². The van der Waals surface area contributed by atoms with E-state index in [-0.39, 0.29) is 0 Å². The summed E-state index contributed by atoms with van der Waals surface area (Å²) < 4.78 is 11.1. The predicted octanol–water partition coefficient (Wildman–Crippen LogP) is 4.25. The summed E-state index contributed by atoms with van der Waals surface area (Å²) in [6, 6.07) is 16.0. The Balaban J connectivity index is 1.79. The van der Waals surface area contributed by atoms with E-state index in [0.29, 0.717) is 5.92 Å². The Morgan fingerprint density at radius 3 is 2.52 bits per heavy atom. The summed E-state index contributed by atoms with van der Waals surface area (Å²) in [5.74, 6) is 2.29. The number of nitrogens with one attached hydrogen (secondary N) is 2. The maximum absolute atomic E-state index is 5.74. The molecule has 0 saturated carbocycles. The lowest BCUT2D eigenvalue weighted by atomic mass is 10.2. The van der Waals surface area contributed by atoms with Crippen molar-refractivity contribution in [1.29, 1.82) is 0 Å². The van der Waals surface area contributed by atoms with Crippen LogP contribution in [0, 0.1) is 5.92 Å². The van der Waals surface area contributed by atoms with Crippen molar-refractivity contribution in [2.24, 2.45) is 5.92 Å². The lowest BCUT2D eigenvalue weighted by molar-refractivity contribution is 0.271. The first-order valence-corrected chi connectivity index (χ1v) is 8.02. The number of rotatable bonds is 9. The standard InChI is InChI=1S/C19H26N2O2/c1-15(2)14-23-17-8-6-7-16(13-17)20-11-12-21-18-9-4-5-10-19(18)22-3/h4-10,13,15,20-21H,11-12,14H2,1-3H3. The highest BCUT2D eigenvalue weighted by molar-refractivity contribution is 5.56. The molecule has 0 aromatic heterocycles. The van der Waals surface area contributed by atoms with Gasteiger partial charge in [0.25, 0.3) is 0 Å². The van der Waals surface area contributed by atoms with Gasteiger partial charge in [0.1, 0.15) is 11.5 Å². The van der Waals surface area contributed by atoms with Crippen molar-refractivity contribution in [3.8, 4) is 11.5 Å². The number of methoxy groups -OCH3 is 1. The summed E-state index contributed by atoms with van der Waals surface area (Å²) in [5, 5.41) is 6.77. The normalized spacial score (nSPS) is 10.4.